The maximum absolute atomic E-state index is 11.6. The van der Waals surface area contributed by atoms with E-state index >= 15 is 0 Å². The largest absolute Gasteiger partial charge is 0.490 e. The summed E-state index contributed by atoms with van der Waals surface area (Å²) in [4.78, 5) is 14.3. The van der Waals surface area contributed by atoms with Crippen molar-refractivity contribution in [1.29, 1.82) is 0 Å². The van der Waals surface area contributed by atoms with Crippen LogP contribution >= 0.6 is 0 Å². The molecule has 1 aromatic carbocycles. The van der Waals surface area contributed by atoms with Crippen LogP contribution in [-0.2, 0) is 4.74 Å². The molecule has 0 bridgehead atoms. The van der Waals surface area contributed by atoms with Gasteiger partial charge in [0.05, 0.1) is 12.1 Å². The normalized spacial score (nSPS) is 11.9. The van der Waals surface area contributed by atoms with E-state index in [2.05, 4.69) is 16.2 Å². The van der Waals surface area contributed by atoms with E-state index in [9.17, 15) is 9.90 Å². The Kier molecular flexibility index (Phi) is 7.29. The average molecular weight is 346 g/mol. The van der Waals surface area contributed by atoms with Crippen molar-refractivity contribution < 1.29 is 19.3 Å². The summed E-state index contributed by atoms with van der Waals surface area (Å²) in [6.45, 7) is 1.82. The standard InChI is InChI=1S/C18H22N2O5/c1-3-9-24-16-6-5-15(14-4-7-17(22)20-18(14)16)25-12-13(21)11-19-8-10-23-2/h1,4-7,13,19,21H,8-12H2,2H3,(H,20,22). The lowest BCUT2D eigenvalue weighted by Gasteiger charge is -2.15. The topological polar surface area (TPSA) is 92.8 Å². The molecule has 0 amide bonds. The zero-order chi connectivity index (χ0) is 18.1. The summed E-state index contributed by atoms with van der Waals surface area (Å²) in [6, 6.07) is 6.45. The van der Waals surface area contributed by atoms with Crippen LogP contribution in [0.2, 0.25) is 0 Å². The van der Waals surface area contributed by atoms with Gasteiger partial charge >= 0.3 is 0 Å². The monoisotopic (exact) mass is 346 g/mol. The van der Waals surface area contributed by atoms with Gasteiger partial charge in [-0.3, -0.25) is 4.79 Å². The third-order valence-electron chi connectivity index (χ3n) is 3.42. The van der Waals surface area contributed by atoms with E-state index in [4.69, 9.17) is 20.6 Å². The van der Waals surface area contributed by atoms with Crippen molar-refractivity contribution in [3.63, 3.8) is 0 Å². The number of terminal acetylenes is 1. The van der Waals surface area contributed by atoms with Crippen LogP contribution in [0.25, 0.3) is 10.9 Å². The highest BCUT2D eigenvalue weighted by molar-refractivity contribution is 5.89. The number of aliphatic hydroxyl groups is 1. The first-order valence-corrected chi connectivity index (χ1v) is 7.88. The van der Waals surface area contributed by atoms with Crippen LogP contribution in [-0.4, -0.2) is 56.2 Å². The molecule has 0 aliphatic carbocycles. The molecule has 0 saturated carbocycles. The van der Waals surface area contributed by atoms with Gasteiger partial charge in [0.2, 0.25) is 5.56 Å². The molecule has 1 unspecified atom stereocenters. The van der Waals surface area contributed by atoms with Crippen molar-refractivity contribution in [1.82, 2.24) is 10.3 Å². The molecule has 1 aromatic heterocycles. The van der Waals surface area contributed by atoms with Crippen LogP contribution in [0.1, 0.15) is 0 Å². The van der Waals surface area contributed by atoms with E-state index < -0.39 is 6.10 Å². The average Bonchev–Trinajstić information content (AvgIpc) is 2.62. The molecule has 0 saturated heterocycles. The Balaban J connectivity index is 2.08. The molecule has 7 nitrogen and oxygen atoms in total. The summed E-state index contributed by atoms with van der Waals surface area (Å²) in [5.74, 6) is 3.39. The highest BCUT2D eigenvalue weighted by atomic mass is 16.5. The number of fused-ring (bicyclic) bond motifs is 1. The van der Waals surface area contributed by atoms with Crippen molar-refractivity contribution in [3.8, 4) is 23.8 Å². The molecule has 0 radical (unpaired) electrons. The van der Waals surface area contributed by atoms with Gasteiger partial charge in [0.1, 0.15) is 30.8 Å². The van der Waals surface area contributed by atoms with Gasteiger partial charge in [-0.05, 0) is 18.2 Å². The number of aromatic nitrogens is 1. The first kappa shape index (κ1) is 18.8. The zero-order valence-corrected chi connectivity index (χ0v) is 14.1. The fourth-order valence-electron chi connectivity index (χ4n) is 2.25. The van der Waals surface area contributed by atoms with Gasteiger partial charge in [-0.25, -0.2) is 0 Å². The minimum atomic E-state index is -0.674. The second-order valence-corrected chi connectivity index (χ2v) is 5.33. The summed E-state index contributed by atoms with van der Waals surface area (Å²) < 4.78 is 16.1. The van der Waals surface area contributed by atoms with Crippen molar-refractivity contribution in [2.45, 2.75) is 6.10 Å². The Hall–Kier alpha value is -2.53. The van der Waals surface area contributed by atoms with Crippen molar-refractivity contribution in [2.75, 3.05) is 40.0 Å². The number of ether oxygens (including phenoxy) is 3. The Morgan fingerprint density at radius 3 is 2.84 bits per heavy atom. The van der Waals surface area contributed by atoms with E-state index in [1.165, 1.54) is 6.07 Å². The molecule has 1 heterocycles. The first-order valence-electron chi connectivity index (χ1n) is 7.88. The van der Waals surface area contributed by atoms with E-state index in [0.29, 0.717) is 42.1 Å². The van der Waals surface area contributed by atoms with Crippen molar-refractivity contribution in [2.24, 2.45) is 0 Å². The molecule has 0 aliphatic heterocycles. The Labute approximate surface area is 145 Å². The highest BCUT2D eigenvalue weighted by Crippen LogP contribution is 2.31. The number of hydrogen-bond donors (Lipinski definition) is 3. The molecule has 7 heteroatoms. The smallest absolute Gasteiger partial charge is 0.248 e. The van der Waals surface area contributed by atoms with E-state index in [-0.39, 0.29) is 18.8 Å². The van der Waals surface area contributed by atoms with E-state index in [1.54, 1.807) is 25.3 Å². The minimum Gasteiger partial charge on any atom is -0.490 e. The number of aromatic amines is 1. The van der Waals surface area contributed by atoms with Gasteiger partial charge in [-0.15, -0.1) is 6.42 Å². The SMILES string of the molecule is C#CCOc1ccc(OCC(O)CNCCOC)c2ccc(=O)[nH]c12. The molecule has 0 aliphatic rings. The molecular weight excluding hydrogens is 324 g/mol. The Morgan fingerprint density at radius 2 is 2.08 bits per heavy atom. The number of H-pyrrole nitrogens is 1. The predicted molar refractivity (Wildman–Crippen MR) is 95.1 cm³/mol. The van der Waals surface area contributed by atoms with Crippen LogP contribution in [0, 0.1) is 12.3 Å². The molecule has 0 spiro atoms. The summed E-state index contributed by atoms with van der Waals surface area (Å²) in [6.07, 6.45) is 4.53. The molecule has 2 aromatic rings. The van der Waals surface area contributed by atoms with Crippen LogP contribution in [0.15, 0.2) is 29.1 Å². The number of hydrogen-bond acceptors (Lipinski definition) is 6. The number of rotatable bonds is 10. The molecule has 3 N–H and O–H groups in total. The fourth-order valence-corrected chi connectivity index (χ4v) is 2.25. The molecule has 25 heavy (non-hydrogen) atoms. The van der Waals surface area contributed by atoms with Crippen molar-refractivity contribution in [3.05, 3.63) is 34.6 Å². The Morgan fingerprint density at radius 1 is 1.28 bits per heavy atom. The third kappa shape index (κ3) is 5.50. The lowest BCUT2D eigenvalue weighted by molar-refractivity contribution is 0.104. The molecule has 0 fully saturated rings. The highest BCUT2D eigenvalue weighted by Gasteiger charge is 2.11. The number of nitrogens with one attached hydrogen (secondary N) is 2. The van der Waals surface area contributed by atoms with Gasteiger partial charge < -0.3 is 29.6 Å². The number of pyridine rings is 1. The van der Waals surface area contributed by atoms with E-state index in [1.807, 2.05) is 0 Å². The Bertz CT molecular complexity index is 781. The number of aliphatic hydroxyl groups excluding tert-OH is 1. The summed E-state index contributed by atoms with van der Waals surface area (Å²) >= 11 is 0. The van der Waals surface area contributed by atoms with Crippen molar-refractivity contribution >= 4 is 10.9 Å². The fraction of sp³-hybridized carbons (Fsp3) is 0.389. The second-order valence-electron chi connectivity index (χ2n) is 5.33. The van der Waals surface area contributed by atoms with Crippen LogP contribution in [0.3, 0.4) is 0 Å². The van der Waals surface area contributed by atoms with E-state index in [0.717, 1.165) is 0 Å². The van der Waals surface area contributed by atoms with Gasteiger partial charge in [-0.2, -0.15) is 0 Å². The first-order chi connectivity index (χ1) is 12.2. The third-order valence-corrected chi connectivity index (χ3v) is 3.42. The van der Waals surface area contributed by atoms with Gasteiger partial charge in [0, 0.05) is 31.7 Å². The number of methoxy groups -OCH3 is 1. The predicted octanol–water partition coefficient (Wildman–Crippen LogP) is 0.516. The molecular formula is C18H22N2O5. The second kappa shape index (κ2) is 9.69. The molecule has 2 rings (SSSR count). The minimum absolute atomic E-state index is 0.0953. The zero-order valence-electron chi connectivity index (χ0n) is 14.1. The quantitative estimate of drug-likeness (QED) is 0.429. The van der Waals surface area contributed by atoms with Gasteiger partial charge in [-0.1, -0.05) is 5.92 Å². The number of benzene rings is 1. The van der Waals surface area contributed by atoms with Crippen LogP contribution in [0.4, 0.5) is 0 Å². The lowest BCUT2D eigenvalue weighted by atomic mass is 10.2. The summed E-state index contributed by atoms with van der Waals surface area (Å²) in [7, 11) is 1.62. The summed E-state index contributed by atoms with van der Waals surface area (Å²) in [5, 5.41) is 13.7. The maximum Gasteiger partial charge on any atom is 0.248 e. The summed E-state index contributed by atoms with van der Waals surface area (Å²) in [5.41, 5.74) is 0.255. The molecule has 134 valence electrons. The van der Waals surface area contributed by atoms with Gasteiger partial charge in [0.25, 0.3) is 0 Å². The van der Waals surface area contributed by atoms with Crippen LogP contribution < -0.4 is 20.3 Å². The maximum atomic E-state index is 11.6. The van der Waals surface area contributed by atoms with Gasteiger partial charge in [0.15, 0.2) is 0 Å². The lowest BCUT2D eigenvalue weighted by Crippen LogP contribution is -2.33. The molecule has 1 atom stereocenters. The van der Waals surface area contributed by atoms with Crippen LogP contribution in [0.5, 0.6) is 11.5 Å².